The number of hydrogen-bond acceptors (Lipinski definition) is 4. The Labute approximate surface area is 135 Å². The van der Waals surface area contributed by atoms with Gasteiger partial charge in [0.1, 0.15) is 5.82 Å². The van der Waals surface area contributed by atoms with Crippen LogP contribution in [0.3, 0.4) is 0 Å². The zero-order chi connectivity index (χ0) is 14.9. The Hall–Kier alpha value is -0.980. The zero-order valence-electron chi connectivity index (χ0n) is 11.5. The number of anilines is 1. The van der Waals surface area contributed by atoms with Crippen LogP contribution in [0, 0.1) is 13.8 Å². The van der Waals surface area contributed by atoms with Gasteiger partial charge in [-0.25, -0.2) is 9.97 Å². The molecular formula is C14H15Br2N3O. The van der Waals surface area contributed by atoms with E-state index in [1.54, 1.807) is 7.11 Å². The number of hydrogen-bond donors (Lipinski definition) is 1. The van der Waals surface area contributed by atoms with E-state index >= 15 is 0 Å². The van der Waals surface area contributed by atoms with Crippen molar-refractivity contribution in [2.75, 3.05) is 12.8 Å². The van der Waals surface area contributed by atoms with Gasteiger partial charge in [-0.1, -0.05) is 15.9 Å². The van der Waals surface area contributed by atoms with Crippen molar-refractivity contribution in [2.45, 2.75) is 20.5 Å². The summed E-state index contributed by atoms with van der Waals surface area (Å²) in [6.07, 6.45) is 0. The van der Waals surface area contributed by atoms with Gasteiger partial charge in [0, 0.05) is 17.1 Å². The summed E-state index contributed by atoms with van der Waals surface area (Å²) in [6, 6.07) is 4.08. The van der Waals surface area contributed by atoms with E-state index in [9.17, 15) is 0 Å². The van der Waals surface area contributed by atoms with Gasteiger partial charge in [-0.3, -0.25) is 0 Å². The van der Waals surface area contributed by atoms with Gasteiger partial charge in [-0.2, -0.15) is 0 Å². The van der Waals surface area contributed by atoms with Gasteiger partial charge in [-0.15, -0.1) is 0 Å². The normalized spacial score (nSPS) is 10.8. The number of aromatic nitrogens is 2. The number of aryl methyl sites for hydroxylation is 2. The molecule has 0 aliphatic rings. The molecule has 0 spiro atoms. The number of ether oxygens (including phenoxy) is 1. The van der Waals surface area contributed by atoms with Crippen LogP contribution < -0.4 is 5.73 Å². The second kappa shape index (κ2) is 6.20. The maximum atomic E-state index is 5.93. The van der Waals surface area contributed by atoms with Crippen molar-refractivity contribution < 1.29 is 4.74 Å². The molecule has 0 unspecified atom stereocenters. The lowest BCUT2D eigenvalue weighted by molar-refractivity contribution is 0.181. The number of rotatable bonds is 3. The molecule has 4 nitrogen and oxygen atoms in total. The van der Waals surface area contributed by atoms with Crippen LogP contribution in [0.1, 0.15) is 16.8 Å². The molecule has 1 aromatic carbocycles. The fourth-order valence-corrected chi connectivity index (χ4v) is 2.47. The number of nitrogen functional groups attached to an aromatic ring is 1. The molecule has 0 atom stereocenters. The quantitative estimate of drug-likeness (QED) is 0.845. The lowest BCUT2D eigenvalue weighted by atomic mass is 10.1. The molecule has 1 aromatic heterocycles. The van der Waals surface area contributed by atoms with E-state index in [0.717, 1.165) is 26.9 Å². The van der Waals surface area contributed by atoms with Crippen molar-refractivity contribution in [1.29, 1.82) is 0 Å². The van der Waals surface area contributed by atoms with Gasteiger partial charge in [0.05, 0.1) is 16.8 Å². The summed E-state index contributed by atoms with van der Waals surface area (Å²) in [5.74, 6) is 1.02. The number of nitrogens with two attached hydrogens (primary N) is 1. The average molecular weight is 401 g/mol. The molecule has 0 saturated heterocycles. The summed E-state index contributed by atoms with van der Waals surface area (Å²) in [5, 5.41) is 0. The molecule has 0 fully saturated rings. The van der Waals surface area contributed by atoms with Crippen molar-refractivity contribution in [3.63, 3.8) is 0 Å². The summed E-state index contributed by atoms with van der Waals surface area (Å²) >= 11 is 6.95. The molecule has 106 valence electrons. The van der Waals surface area contributed by atoms with E-state index in [1.807, 2.05) is 26.0 Å². The molecule has 20 heavy (non-hydrogen) atoms. The monoisotopic (exact) mass is 399 g/mol. The number of halogens is 2. The van der Waals surface area contributed by atoms with Gasteiger partial charge in [-0.05, 0) is 53.0 Å². The minimum Gasteiger partial charge on any atom is -0.383 e. The van der Waals surface area contributed by atoms with Crippen LogP contribution in [0.15, 0.2) is 21.1 Å². The van der Waals surface area contributed by atoms with Crippen LogP contribution in [0.25, 0.3) is 11.4 Å². The third-order valence-corrected chi connectivity index (χ3v) is 5.04. The standard InChI is InChI=1S/C14H15Br2N3O/c1-7-4-9(5-8(2)11(7)15)14-18-10(6-20-3)12(16)13(17)19-14/h4-5H,6H2,1-3H3,(H2,17,18,19). The maximum absolute atomic E-state index is 5.93. The summed E-state index contributed by atoms with van der Waals surface area (Å²) in [4.78, 5) is 8.87. The highest BCUT2D eigenvalue weighted by Crippen LogP contribution is 2.29. The highest BCUT2D eigenvalue weighted by Gasteiger charge is 2.13. The predicted octanol–water partition coefficient (Wildman–Crippen LogP) is 4.01. The van der Waals surface area contributed by atoms with E-state index < -0.39 is 0 Å². The van der Waals surface area contributed by atoms with Crippen LogP contribution in [-0.4, -0.2) is 17.1 Å². The highest BCUT2D eigenvalue weighted by atomic mass is 79.9. The van der Waals surface area contributed by atoms with Crippen LogP contribution in [-0.2, 0) is 11.3 Å². The Kier molecular flexibility index (Phi) is 4.78. The fraction of sp³-hybridized carbons (Fsp3) is 0.286. The van der Waals surface area contributed by atoms with Crippen molar-refractivity contribution in [2.24, 2.45) is 0 Å². The van der Waals surface area contributed by atoms with Crippen LogP contribution in [0.5, 0.6) is 0 Å². The Morgan fingerprint density at radius 3 is 2.25 bits per heavy atom. The molecule has 2 N–H and O–H groups in total. The van der Waals surface area contributed by atoms with Gasteiger partial charge in [0.2, 0.25) is 0 Å². The van der Waals surface area contributed by atoms with Crippen molar-refractivity contribution in [1.82, 2.24) is 9.97 Å². The smallest absolute Gasteiger partial charge is 0.161 e. The SMILES string of the molecule is COCc1nc(-c2cc(C)c(Br)c(C)c2)nc(N)c1Br. The van der Waals surface area contributed by atoms with Gasteiger partial charge in [0.25, 0.3) is 0 Å². The highest BCUT2D eigenvalue weighted by molar-refractivity contribution is 9.11. The lowest BCUT2D eigenvalue weighted by Gasteiger charge is -2.11. The van der Waals surface area contributed by atoms with E-state index in [4.69, 9.17) is 10.5 Å². The van der Waals surface area contributed by atoms with Crippen LogP contribution >= 0.6 is 31.9 Å². The zero-order valence-corrected chi connectivity index (χ0v) is 14.7. The van der Waals surface area contributed by atoms with Crippen molar-refractivity contribution >= 4 is 37.7 Å². The average Bonchev–Trinajstić information content (AvgIpc) is 2.40. The summed E-state index contributed by atoms with van der Waals surface area (Å²) in [5.41, 5.74) is 9.89. The number of benzene rings is 1. The molecular weight excluding hydrogens is 386 g/mol. The Morgan fingerprint density at radius 2 is 1.70 bits per heavy atom. The molecule has 1 heterocycles. The molecule has 0 bridgehead atoms. The Balaban J connectivity index is 2.58. The van der Waals surface area contributed by atoms with Gasteiger partial charge >= 0.3 is 0 Å². The first-order chi connectivity index (χ1) is 9.43. The summed E-state index contributed by atoms with van der Waals surface area (Å²) in [6.45, 7) is 4.46. The first kappa shape index (κ1) is 15.4. The Bertz CT molecular complexity index is 636. The third kappa shape index (κ3) is 3.02. The van der Waals surface area contributed by atoms with E-state index in [-0.39, 0.29) is 0 Å². The first-order valence-corrected chi connectivity index (χ1v) is 7.60. The summed E-state index contributed by atoms with van der Waals surface area (Å²) in [7, 11) is 1.62. The lowest BCUT2D eigenvalue weighted by Crippen LogP contribution is -2.04. The minimum absolute atomic E-state index is 0.384. The van der Waals surface area contributed by atoms with Crippen LogP contribution in [0.4, 0.5) is 5.82 Å². The van der Waals surface area contributed by atoms with Crippen molar-refractivity contribution in [3.8, 4) is 11.4 Å². The van der Waals surface area contributed by atoms with E-state index in [1.165, 1.54) is 0 Å². The van der Waals surface area contributed by atoms with Crippen LogP contribution in [0.2, 0.25) is 0 Å². The molecule has 6 heteroatoms. The van der Waals surface area contributed by atoms with E-state index in [2.05, 4.69) is 41.8 Å². The van der Waals surface area contributed by atoms with E-state index in [0.29, 0.717) is 22.7 Å². The minimum atomic E-state index is 0.384. The molecule has 0 aliphatic carbocycles. The fourth-order valence-electron chi connectivity index (χ4n) is 1.95. The molecule has 2 rings (SSSR count). The topological polar surface area (TPSA) is 61.0 Å². The molecule has 2 aromatic rings. The number of methoxy groups -OCH3 is 1. The second-order valence-corrected chi connectivity index (χ2v) is 6.14. The molecule has 0 radical (unpaired) electrons. The first-order valence-electron chi connectivity index (χ1n) is 6.02. The summed E-state index contributed by atoms with van der Waals surface area (Å²) < 4.78 is 6.93. The van der Waals surface area contributed by atoms with Gasteiger partial charge in [0.15, 0.2) is 5.82 Å². The predicted molar refractivity (Wildman–Crippen MR) is 87.5 cm³/mol. The maximum Gasteiger partial charge on any atom is 0.161 e. The molecule has 0 saturated carbocycles. The largest absolute Gasteiger partial charge is 0.383 e. The second-order valence-electron chi connectivity index (χ2n) is 4.55. The van der Waals surface area contributed by atoms with Crippen molar-refractivity contribution in [3.05, 3.63) is 37.9 Å². The molecule has 0 aliphatic heterocycles. The number of nitrogens with zero attached hydrogens (tertiary/aromatic N) is 2. The third-order valence-electron chi connectivity index (χ3n) is 2.92. The van der Waals surface area contributed by atoms with Gasteiger partial charge < -0.3 is 10.5 Å². The molecule has 0 amide bonds. The Morgan fingerprint density at radius 1 is 1.10 bits per heavy atom.